The molecule has 1 aliphatic heterocycles. The molecule has 0 aromatic heterocycles. The number of aliphatic hydroxyl groups excluding tert-OH is 1. The monoisotopic (exact) mass is 275 g/mol. The molecule has 4 heteroatoms. The SMILES string of the molecule is COc1ccccc1/C(C)=C/C(=O)N1CCC[C@@H]1CO. The number of para-hydroxylation sites is 1. The zero-order chi connectivity index (χ0) is 14.5. The molecule has 1 aliphatic rings. The highest BCUT2D eigenvalue weighted by Gasteiger charge is 2.26. The first kappa shape index (κ1) is 14.6. The summed E-state index contributed by atoms with van der Waals surface area (Å²) in [6, 6.07) is 7.60. The minimum atomic E-state index is -0.0378. The fourth-order valence-corrected chi connectivity index (χ4v) is 2.63. The summed E-state index contributed by atoms with van der Waals surface area (Å²) >= 11 is 0. The van der Waals surface area contributed by atoms with E-state index in [0.717, 1.165) is 36.3 Å². The van der Waals surface area contributed by atoms with Gasteiger partial charge < -0.3 is 14.7 Å². The van der Waals surface area contributed by atoms with E-state index in [1.54, 1.807) is 18.1 Å². The number of methoxy groups -OCH3 is 1. The topological polar surface area (TPSA) is 49.8 Å². The number of carbonyl (C=O) groups is 1. The molecule has 1 fully saturated rings. The van der Waals surface area contributed by atoms with Crippen molar-refractivity contribution in [2.75, 3.05) is 20.3 Å². The summed E-state index contributed by atoms with van der Waals surface area (Å²) in [5.74, 6) is 0.721. The van der Waals surface area contributed by atoms with Gasteiger partial charge in [0.05, 0.1) is 19.8 Å². The fourth-order valence-electron chi connectivity index (χ4n) is 2.63. The Balaban J connectivity index is 2.19. The number of hydrogen-bond acceptors (Lipinski definition) is 3. The minimum absolute atomic E-state index is 0.0350. The van der Waals surface area contributed by atoms with Crippen molar-refractivity contribution >= 4 is 11.5 Å². The van der Waals surface area contributed by atoms with Crippen molar-refractivity contribution in [1.29, 1.82) is 0 Å². The zero-order valence-electron chi connectivity index (χ0n) is 12.0. The van der Waals surface area contributed by atoms with Crippen LogP contribution in [0.2, 0.25) is 0 Å². The van der Waals surface area contributed by atoms with Crippen molar-refractivity contribution < 1.29 is 14.6 Å². The Morgan fingerprint density at radius 2 is 2.25 bits per heavy atom. The molecule has 0 bridgehead atoms. The van der Waals surface area contributed by atoms with E-state index in [1.165, 1.54) is 0 Å². The van der Waals surface area contributed by atoms with Crippen molar-refractivity contribution in [2.24, 2.45) is 0 Å². The first-order valence-corrected chi connectivity index (χ1v) is 6.90. The number of aliphatic hydroxyl groups is 1. The molecule has 108 valence electrons. The number of benzene rings is 1. The Kier molecular flexibility index (Phi) is 4.79. The van der Waals surface area contributed by atoms with Gasteiger partial charge in [0.25, 0.3) is 0 Å². The zero-order valence-corrected chi connectivity index (χ0v) is 12.0. The largest absolute Gasteiger partial charge is 0.496 e. The molecule has 1 atom stereocenters. The molecule has 0 radical (unpaired) electrons. The lowest BCUT2D eigenvalue weighted by atomic mass is 10.1. The van der Waals surface area contributed by atoms with Crippen LogP contribution in [0.5, 0.6) is 5.75 Å². The van der Waals surface area contributed by atoms with Crippen LogP contribution in [0.3, 0.4) is 0 Å². The maximum absolute atomic E-state index is 12.3. The number of carbonyl (C=O) groups excluding carboxylic acids is 1. The van der Waals surface area contributed by atoms with Gasteiger partial charge in [-0.3, -0.25) is 4.79 Å². The molecule has 1 saturated heterocycles. The van der Waals surface area contributed by atoms with Crippen molar-refractivity contribution in [3.63, 3.8) is 0 Å². The van der Waals surface area contributed by atoms with Crippen LogP contribution in [-0.4, -0.2) is 42.2 Å². The Labute approximate surface area is 119 Å². The third kappa shape index (κ3) is 3.02. The van der Waals surface area contributed by atoms with Crippen LogP contribution < -0.4 is 4.74 Å². The lowest BCUT2D eigenvalue weighted by molar-refractivity contribution is -0.127. The van der Waals surface area contributed by atoms with Gasteiger partial charge in [-0.1, -0.05) is 18.2 Å². The lowest BCUT2D eigenvalue weighted by Crippen LogP contribution is -2.36. The van der Waals surface area contributed by atoms with Gasteiger partial charge in [0.15, 0.2) is 0 Å². The van der Waals surface area contributed by atoms with E-state index in [1.807, 2.05) is 31.2 Å². The molecule has 4 nitrogen and oxygen atoms in total. The number of likely N-dealkylation sites (tertiary alicyclic amines) is 1. The van der Waals surface area contributed by atoms with E-state index in [-0.39, 0.29) is 18.6 Å². The Morgan fingerprint density at radius 1 is 1.50 bits per heavy atom. The first-order chi connectivity index (χ1) is 9.67. The average molecular weight is 275 g/mol. The van der Waals surface area contributed by atoms with Crippen LogP contribution in [0.4, 0.5) is 0 Å². The van der Waals surface area contributed by atoms with E-state index in [4.69, 9.17) is 4.74 Å². The summed E-state index contributed by atoms with van der Waals surface area (Å²) in [6.45, 7) is 2.66. The van der Waals surface area contributed by atoms with E-state index < -0.39 is 0 Å². The number of rotatable bonds is 4. The quantitative estimate of drug-likeness (QED) is 0.856. The van der Waals surface area contributed by atoms with E-state index in [0.29, 0.717) is 0 Å². The summed E-state index contributed by atoms with van der Waals surface area (Å²) < 4.78 is 5.31. The van der Waals surface area contributed by atoms with E-state index in [9.17, 15) is 9.90 Å². The number of amides is 1. The van der Waals surface area contributed by atoms with Crippen molar-refractivity contribution in [2.45, 2.75) is 25.8 Å². The van der Waals surface area contributed by atoms with Crippen molar-refractivity contribution in [3.8, 4) is 5.75 Å². The van der Waals surface area contributed by atoms with Crippen LogP contribution in [0.1, 0.15) is 25.3 Å². The second kappa shape index (κ2) is 6.57. The Bertz CT molecular complexity index is 510. The molecule has 1 aromatic rings. The number of allylic oxidation sites excluding steroid dienone is 1. The maximum atomic E-state index is 12.3. The predicted octanol–water partition coefficient (Wildman–Crippen LogP) is 2.08. The summed E-state index contributed by atoms with van der Waals surface area (Å²) in [4.78, 5) is 14.0. The summed E-state index contributed by atoms with van der Waals surface area (Å²) in [7, 11) is 1.62. The summed E-state index contributed by atoms with van der Waals surface area (Å²) in [5.41, 5.74) is 1.79. The van der Waals surface area contributed by atoms with Crippen molar-refractivity contribution in [3.05, 3.63) is 35.9 Å². The number of nitrogens with zero attached hydrogens (tertiary/aromatic N) is 1. The number of hydrogen-bond donors (Lipinski definition) is 1. The molecule has 0 saturated carbocycles. The first-order valence-electron chi connectivity index (χ1n) is 6.90. The van der Waals surface area contributed by atoms with Crippen LogP contribution in [-0.2, 0) is 4.79 Å². The molecule has 0 unspecified atom stereocenters. The molecule has 1 heterocycles. The van der Waals surface area contributed by atoms with Gasteiger partial charge >= 0.3 is 0 Å². The molecule has 0 aliphatic carbocycles. The van der Waals surface area contributed by atoms with Gasteiger partial charge in [0.1, 0.15) is 5.75 Å². The van der Waals surface area contributed by atoms with Gasteiger partial charge in [0, 0.05) is 18.2 Å². The highest BCUT2D eigenvalue weighted by atomic mass is 16.5. The molecule has 1 N–H and O–H groups in total. The standard InChI is InChI=1S/C16H21NO3/c1-12(14-7-3-4-8-15(14)20-2)10-16(19)17-9-5-6-13(17)11-18/h3-4,7-8,10,13,18H,5-6,9,11H2,1-2H3/b12-10+/t13-/m1/s1. The summed E-state index contributed by atoms with van der Waals surface area (Å²) in [5, 5.41) is 9.28. The molecular formula is C16H21NO3. The Morgan fingerprint density at radius 3 is 2.95 bits per heavy atom. The molecule has 2 rings (SSSR count). The highest BCUT2D eigenvalue weighted by molar-refractivity contribution is 5.95. The molecule has 1 aromatic carbocycles. The highest BCUT2D eigenvalue weighted by Crippen LogP contribution is 2.26. The average Bonchev–Trinajstić information content (AvgIpc) is 2.95. The normalized spacial score (nSPS) is 19.2. The maximum Gasteiger partial charge on any atom is 0.247 e. The molecule has 20 heavy (non-hydrogen) atoms. The van der Waals surface area contributed by atoms with Gasteiger partial charge in [-0.25, -0.2) is 0 Å². The van der Waals surface area contributed by atoms with Crippen LogP contribution in [0, 0.1) is 0 Å². The van der Waals surface area contributed by atoms with Crippen LogP contribution >= 0.6 is 0 Å². The van der Waals surface area contributed by atoms with Gasteiger partial charge in [-0.15, -0.1) is 0 Å². The predicted molar refractivity (Wildman–Crippen MR) is 78.5 cm³/mol. The minimum Gasteiger partial charge on any atom is -0.496 e. The fraction of sp³-hybridized carbons (Fsp3) is 0.438. The van der Waals surface area contributed by atoms with E-state index in [2.05, 4.69) is 0 Å². The summed E-state index contributed by atoms with van der Waals surface area (Å²) in [6.07, 6.45) is 3.47. The smallest absolute Gasteiger partial charge is 0.247 e. The molecular weight excluding hydrogens is 254 g/mol. The van der Waals surface area contributed by atoms with Gasteiger partial charge in [-0.05, 0) is 31.4 Å². The van der Waals surface area contributed by atoms with Gasteiger partial charge in [-0.2, -0.15) is 0 Å². The van der Waals surface area contributed by atoms with Gasteiger partial charge in [0.2, 0.25) is 5.91 Å². The third-order valence-corrected chi connectivity index (χ3v) is 3.74. The second-order valence-corrected chi connectivity index (χ2v) is 5.04. The molecule has 0 spiro atoms. The van der Waals surface area contributed by atoms with E-state index >= 15 is 0 Å². The molecule has 1 amide bonds. The number of ether oxygens (including phenoxy) is 1. The lowest BCUT2D eigenvalue weighted by Gasteiger charge is -2.21. The third-order valence-electron chi connectivity index (χ3n) is 3.74. The van der Waals surface area contributed by atoms with Crippen molar-refractivity contribution in [1.82, 2.24) is 4.90 Å². The van der Waals surface area contributed by atoms with Crippen LogP contribution in [0.15, 0.2) is 30.3 Å². The van der Waals surface area contributed by atoms with Crippen LogP contribution in [0.25, 0.3) is 5.57 Å². The second-order valence-electron chi connectivity index (χ2n) is 5.04. The Hall–Kier alpha value is -1.81.